The van der Waals surface area contributed by atoms with E-state index in [-0.39, 0.29) is 12.0 Å². The molecule has 2 aromatic carbocycles. The second kappa shape index (κ2) is 6.41. The Kier molecular flexibility index (Phi) is 4.16. The largest absolute Gasteiger partial charge is 0.363 e. The summed E-state index contributed by atoms with van der Waals surface area (Å²) in [7, 11) is 0. The lowest BCUT2D eigenvalue weighted by Gasteiger charge is -2.24. The highest BCUT2D eigenvalue weighted by Gasteiger charge is 2.22. The third-order valence-corrected chi connectivity index (χ3v) is 3.53. The zero-order valence-corrected chi connectivity index (χ0v) is 12.0. The number of carbonyl (C=O) groups excluding carboxylic acids is 1. The van der Waals surface area contributed by atoms with E-state index in [1.54, 1.807) is 6.07 Å². The summed E-state index contributed by atoms with van der Waals surface area (Å²) in [5.41, 5.74) is 8.38. The Bertz CT molecular complexity index is 697. The lowest BCUT2D eigenvalue weighted by molar-refractivity contribution is -0.112. The first kappa shape index (κ1) is 14.3. The Morgan fingerprint density at radius 2 is 2.14 bits per heavy atom. The normalized spacial score (nSPS) is 16.4. The highest BCUT2D eigenvalue weighted by Crippen LogP contribution is 2.27. The Hall–Kier alpha value is -2.66. The average molecular weight is 293 g/mol. The summed E-state index contributed by atoms with van der Waals surface area (Å²) in [6, 6.07) is 18.8. The molecule has 0 saturated heterocycles. The first-order valence-corrected chi connectivity index (χ1v) is 7.16. The van der Waals surface area contributed by atoms with E-state index in [9.17, 15) is 4.79 Å². The van der Waals surface area contributed by atoms with Gasteiger partial charge in [-0.3, -0.25) is 10.1 Å². The number of hydrogen-bond acceptors (Lipinski definition) is 4. The lowest BCUT2D eigenvalue weighted by atomic mass is 10.1. The van der Waals surface area contributed by atoms with E-state index in [2.05, 4.69) is 33.8 Å². The third-order valence-electron chi connectivity index (χ3n) is 3.53. The van der Waals surface area contributed by atoms with E-state index >= 15 is 0 Å². The van der Waals surface area contributed by atoms with Crippen LogP contribution in [0.5, 0.6) is 0 Å². The summed E-state index contributed by atoms with van der Waals surface area (Å²) in [6.45, 7) is 0.749. The number of primary amides is 1. The predicted molar refractivity (Wildman–Crippen MR) is 86.4 cm³/mol. The summed E-state index contributed by atoms with van der Waals surface area (Å²) in [5.74, 6) is -0.385. The van der Waals surface area contributed by atoms with Crippen molar-refractivity contribution < 1.29 is 4.79 Å². The molecule has 111 valence electrons. The number of anilines is 1. The Balaban J connectivity index is 1.72. The van der Waals surface area contributed by atoms with Crippen molar-refractivity contribution in [1.82, 2.24) is 5.32 Å². The average Bonchev–Trinajstić information content (AvgIpc) is 2.55. The second-order valence-corrected chi connectivity index (χ2v) is 5.07. The van der Waals surface area contributed by atoms with Gasteiger partial charge < -0.3 is 11.1 Å². The molecule has 1 atom stereocenters. The van der Waals surface area contributed by atoms with Crippen LogP contribution in [0, 0.1) is 6.07 Å². The van der Waals surface area contributed by atoms with Crippen LogP contribution < -0.4 is 16.4 Å². The highest BCUT2D eigenvalue weighted by molar-refractivity contribution is 6.42. The monoisotopic (exact) mass is 293 g/mol. The maximum absolute atomic E-state index is 11.4. The molecule has 3 rings (SSSR count). The van der Waals surface area contributed by atoms with Crippen molar-refractivity contribution in [3.63, 3.8) is 0 Å². The van der Waals surface area contributed by atoms with Gasteiger partial charge in [0, 0.05) is 17.8 Å². The molecular weight excluding hydrogens is 276 g/mol. The molecule has 1 radical (unpaired) electrons. The summed E-state index contributed by atoms with van der Waals surface area (Å²) in [4.78, 5) is 15.8. The Morgan fingerprint density at radius 3 is 2.91 bits per heavy atom. The van der Waals surface area contributed by atoms with Gasteiger partial charge in [0.1, 0.15) is 6.17 Å². The fourth-order valence-corrected chi connectivity index (χ4v) is 2.42. The number of amidine groups is 1. The molecule has 5 nitrogen and oxygen atoms in total. The SMILES string of the molecule is NC(=O)C1=NC(NCCc2ccccc2)c2c[c]ccc2N1. The van der Waals surface area contributed by atoms with Crippen molar-refractivity contribution in [3.8, 4) is 0 Å². The van der Waals surface area contributed by atoms with E-state index in [0.717, 1.165) is 24.2 Å². The molecule has 0 fully saturated rings. The zero-order valence-electron chi connectivity index (χ0n) is 12.0. The van der Waals surface area contributed by atoms with Crippen LogP contribution in [0.4, 0.5) is 5.69 Å². The molecule has 1 unspecified atom stereocenters. The molecule has 5 heteroatoms. The Labute approximate surface area is 129 Å². The number of benzene rings is 2. The number of nitrogens with two attached hydrogens (primary N) is 1. The molecule has 0 aromatic heterocycles. The van der Waals surface area contributed by atoms with Gasteiger partial charge in [0.2, 0.25) is 0 Å². The molecule has 0 bridgehead atoms. The van der Waals surface area contributed by atoms with Gasteiger partial charge in [-0.05, 0) is 30.2 Å². The molecular formula is C17H17N4O. The molecule has 0 aliphatic carbocycles. The van der Waals surface area contributed by atoms with E-state index in [0.29, 0.717) is 0 Å². The van der Waals surface area contributed by atoms with Crippen LogP contribution in [0.3, 0.4) is 0 Å². The fraction of sp³-hybridized carbons (Fsp3) is 0.176. The van der Waals surface area contributed by atoms with Crippen molar-refractivity contribution in [2.45, 2.75) is 12.6 Å². The van der Waals surface area contributed by atoms with Gasteiger partial charge in [0.15, 0.2) is 5.84 Å². The molecule has 1 amide bonds. The van der Waals surface area contributed by atoms with Gasteiger partial charge in [0.05, 0.1) is 0 Å². The van der Waals surface area contributed by atoms with Gasteiger partial charge >= 0.3 is 0 Å². The summed E-state index contributed by atoms with van der Waals surface area (Å²) in [5, 5.41) is 6.31. The first-order chi connectivity index (χ1) is 10.7. The van der Waals surface area contributed by atoms with Crippen molar-refractivity contribution in [2.75, 3.05) is 11.9 Å². The minimum Gasteiger partial charge on any atom is -0.363 e. The van der Waals surface area contributed by atoms with E-state index in [1.807, 2.05) is 30.3 Å². The number of rotatable bonds is 5. The number of nitrogens with zero attached hydrogens (tertiary/aromatic N) is 1. The quantitative estimate of drug-likeness (QED) is 0.784. The van der Waals surface area contributed by atoms with Crippen LogP contribution >= 0.6 is 0 Å². The maximum Gasteiger partial charge on any atom is 0.284 e. The number of carbonyl (C=O) groups is 1. The number of amides is 1. The van der Waals surface area contributed by atoms with E-state index in [1.165, 1.54) is 5.56 Å². The van der Waals surface area contributed by atoms with Crippen molar-refractivity contribution in [1.29, 1.82) is 0 Å². The molecule has 1 aliphatic rings. The van der Waals surface area contributed by atoms with Gasteiger partial charge in [-0.15, -0.1) is 0 Å². The smallest absolute Gasteiger partial charge is 0.284 e. The highest BCUT2D eigenvalue weighted by atomic mass is 16.1. The summed E-state index contributed by atoms with van der Waals surface area (Å²) >= 11 is 0. The van der Waals surface area contributed by atoms with Crippen LogP contribution in [0.15, 0.2) is 53.5 Å². The minimum atomic E-state index is -0.562. The molecule has 0 saturated carbocycles. The molecule has 22 heavy (non-hydrogen) atoms. The van der Waals surface area contributed by atoms with Crippen molar-refractivity contribution in [3.05, 3.63) is 65.7 Å². The molecule has 2 aromatic rings. The van der Waals surface area contributed by atoms with Crippen molar-refractivity contribution >= 4 is 17.4 Å². The third kappa shape index (κ3) is 3.15. The van der Waals surface area contributed by atoms with Crippen molar-refractivity contribution in [2.24, 2.45) is 10.7 Å². The molecule has 0 spiro atoms. The number of fused-ring (bicyclic) bond motifs is 1. The van der Waals surface area contributed by atoms with Crippen LogP contribution in [0.1, 0.15) is 17.3 Å². The topological polar surface area (TPSA) is 79.5 Å². The predicted octanol–water partition coefficient (Wildman–Crippen LogP) is 1.63. The summed E-state index contributed by atoms with van der Waals surface area (Å²) < 4.78 is 0. The van der Waals surface area contributed by atoms with Crippen LogP contribution in [0.2, 0.25) is 0 Å². The fourth-order valence-electron chi connectivity index (χ4n) is 2.42. The summed E-state index contributed by atoms with van der Waals surface area (Å²) in [6.07, 6.45) is 0.595. The van der Waals surface area contributed by atoms with Gasteiger partial charge in [-0.1, -0.05) is 36.4 Å². The number of hydrogen-bond donors (Lipinski definition) is 3. The molecule has 1 aliphatic heterocycles. The maximum atomic E-state index is 11.4. The number of aliphatic imine (C=N–C) groups is 1. The zero-order chi connectivity index (χ0) is 15.4. The first-order valence-electron chi connectivity index (χ1n) is 7.16. The van der Waals surface area contributed by atoms with Gasteiger partial charge in [0.25, 0.3) is 5.91 Å². The standard InChI is InChI=1S/C17H17N4O/c18-15(22)17-20-14-9-5-4-8-13(14)16(21-17)19-11-10-12-6-2-1-3-7-12/h1-3,5-9,16,19H,10-11H2,(H2,18,22)(H,20,21). The minimum absolute atomic E-state index is 0.177. The van der Waals surface area contributed by atoms with E-state index in [4.69, 9.17) is 5.73 Å². The van der Waals surface area contributed by atoms with E-state index < -0.39 is 5.91 Å². The Morgan fingerprint density at radius 1 is 1.32 bits per heavy atom. The van der Waals surface area contributed by atoms with Crippen LogP contribution in [0.25, 0.3) is 0 Å². The molecule has 1 heterocycles. The van der Waals surface area contributed by atoms with Gasteiger partial charge in [-0.25, -0.2) is 4.99 Å². The van der Waals surface area contributed by atoms with Crippen LogP contribution in [-0.2, 0) is 11.2 Å². The molecule has 4 N–H and O–H groups in total. The number of nitrogens with one attached hydrogen (secondary N) is 2. The second-order valence-electron chi connectivity index (χ2n) is 5.07. The van der Waals surface area contributed by atoms with Crippen LogP contribution in [-0.4, -0.2) is 18.3 Å². The lowest BCUT2D eigenvalue weighted by Crippen LogP contribution is -2.36. The van der Waals surface area contributed by atoms with Gasteiger partial charge in [-0.2, -0.15) is 0 Å².